The first-order valence-electron chi connectivity index (χ1n) is 11.1. The van der Waals surface area contributed by atoms with Gasteiger partial charge < -0.3 is 25.6 Å². The van der Waals surface area contributed by atoms with Crippen LogP contribution in [0.1, 0.15) is 25.8 Å². The van der Waals surface area contributed by atoms with Crippen molar-refractivity contribution in [2.45, 2.75) is 38.9 Å². The molecule has 186 valence electrons. The summed E-state index contributed by atoms with van der Waals surface area (Å²) in [6, 6.07) is 3.27. The zero-order chi connectivity index (χ0) is 24.2. The lowest BCUT2D eigenvalue weighted by molar-refractivity contribution is -0.153. The smallest absolute Gasteiger partial charge is 0.413 e. The lowest BCUT2D eigenvalue weighted by Gasteiger charge is -2.46. The monoisotopic (exact) mass is 503 g/mol. The Bertz CT molecular complexity index is 1320. The van der Waals surface area contributed by atoms with E-state index in [1.54, 1.807) is 25.3 Å². The average molecular weight is 504 g/mol. The zero-order valence-electron chi connectivity index (χ0n) is 19.5. The molecule has 2 aliphatic rings. The predicted octanol–water partition coefficient (Wildman–Crippen LogP) is 4.26. The van der Waals surface area contributed by atoms with Gasteiger partial charge in [-0.1, -0.05) is 6.92 Å². The summed E-state index contributed by atoms with van der Waals surface area (Å²) >= 11 is 0. The Labute approximate surface area is 207 Å². The maximum Gasteiger partial charge on any atom is 0.413 e. The Kier molecular flexibility index (Phi) is 6.37. The van der Waals surface area contributed by atoms with Gasteiger partial charge in [0.05, 0.1) is 11.3 Å². The molecule has 11 heteroatoms. The quantitative estimate of drug-likeness (QED) is 0.390. The molecule has 0 radical (unpaired) electrons. The number of aliphatic hydroxyl groups is 1. The Morgan fingerprint density at radius 2 is 2.11 bits per heavy atom. The standard InChI is InChI=1S/C24H26FN5O4.ClH/c1-11-15(9-29-22-21(11)27-4-5-33-22)14-6-13-7-18(28-10-16(13)20(26)19(14)25)30-23(31)34-17-8-24(3,32)12(17)2;/h6-7,9-10,12,17,27,32H,4-5,8,26H2,1-3H3,(H,28,30,31);1H/t12-,17-,24+;/m0./s1. The largest absolute Gasteiger partial charge is 0.474 e. The number of nitrogens with zero attached hydrogens (tertiary/aromatic N) is 2. The summed E-state index contributed by atoms with van der Waals surface area (Å²) in [5.74, 6) is -0.00904. The van der Waals surface area contributed by atoms with Crippen molar-refractivity contribution in [3.8, 4) is 17.0 Å². The van der Waals surface area contributed by atoms with Crippen molar-refractivity contribution >= 4 is 46.5 Å². The van der Waals surface area contributed by atoms with Crippen LogP contribution in [-0.2, 0) is 4.74 Å². The van der Waals surface area contributed by atoms with Crippen molar-refractivity contribution in [2.24, 2.45) is 5.92 Å². The van der Waals surface area contributed by atoms with E-state index in [0.29, 0.717) is 41.8 Å². The number of nitrogens with one attached hydrogen (secondary N) is 2. The fraction of sp³-hybridized carbons (Fsp3) is 0.375. The van der Waals surface area contributed by atoms with Crippen molar-refractivity contribution in [2.75, 3.05) is 29.5 Å². The third kappa shape index (κ3) is 4.28. The molecule has 3 heterocycles. The second-order valence-electron chi connectivity index (χ2n) is 9.11. The number of fused-ring (bicyclic) bond motifs is 2. The number of anilines is 3. The Morgan fingerprint density at radius 1 is 1.34 bits per heavy atom. The van der Waals surface area contributed by atoms with Crippen LogP contribution in [0.4, 0.5) is 26.4 Å². The van der Waals surface area contributed by atoms with E-state index in [4.69, 9.17) is 15.2 Å². The molecule has 35 heavy (non-hydrogen) atoms. The summed E-state index contributed by atoms with van der Waals surface area (Å²) < 4.78 is 26.2. The highest BCUT2D eigenvalue weighted by molar-refractivity contribution is 5.99. The molecule has 3 aromatic rings. The number of rotatable bonds is 3. The number of nitrogen functional groups attached to an aromatic ring is 1. The molecule has 1 fully saturated rings. The Hall–Kier alpha value is -3.37. The van der Waals surface area contributed by atoms with Crippen LogP contribution >= 0.6 is 12.4 Å². The number of halogens is 2. The van der Waals surface area contributed by atoms with Crippen LogP contribution in [-0.4, -0.2) is 46.0 Å². The van der Waals surface area contributed by atoms with Crippen molar-refractivity contribution in [3.63, 3.8) is 0 Å². The Morgan fingerprint density at radius 3 is 2.83 bits per heavy atom. The molecule has 1 aromatic carbocycles. The predicted molar refractivity (Wildman–Crippen MR) is 134 cm³/mol. The maximum atomic E-state index is 15.3. The van der Waals surface area contributed by atoms with Gasteiger partial charge in [0.1, 0.15) is 24.2 Å². The number of hydrogen-bond acceptors (Lipinski definition) is 8. The minimum Gasteiger partial charge on any atom is -0.474 e. The number of nitrogens with two attached hydrogens (primary N) is 1. The first-order chi connectivity index (χ1) is 16.2. The number of hydrogen-bond donors (Lipinski definition) is 4. The minimum absolute atomic E-state index is 0. The van der Waals surface area contributed by atoms with Crippen molar-refractivity contribution < 1.29 is 23.8 Å². The van der Waals surface area contributed by atoms with Gasteiger partial charge >= 0.3 is 6.09 Å². The number of amides is 1. The van der Waals surface area contributed by atoms with Crippen LogP contribution in [0.5, 0.6) is 5.88 Å². The highest BCUT2D eigenvalue weighted by Gasteiger charge is 2.49. The molecule has 1 saturated carbocycles. The van der Waals surface area contributed by atoms with Crippen molar-refractivity contribution in [3.05, 3.63) is 35.9 Å². The summed E-state index contributed by atoms with van der Waals surface area (Å²) in [6.07, 6.45) is 2.31. The van der Waals surface area contributed by atoms with Gasteiger partial charge in [0.15, 0.2) is 5.82 Å². The zero-order valence-corrected chi connectivity index (χ0v) is 20.3. The summed E-state index contributed by atoms with van der Waals surface area (Å²) in [4.78, 5) is 20.8. The Balaban J connectivity index is 0.00000289. The molecular weight excluding hydrogens is 477 g/mol. The molecule has 5 rings (SSSR count). The number of ether oxygens (including phenoxy) is 2. The van der Waals surface area contributed by atoms with E-state index in [2.05, 4.69) is 20.6 Å². The molecule has 0 saturated heterocycles. The van der Waals surface area contributed by atoms with Gasteiger partial charge in [0, 0.05) is 47.8 Å². The molecule has 5 N–H and O–H groups in total. The third-order valence-electron chi connectivity index (χ3n) is 6.88. The van der Waals surface area contributed by atoms with E-state index in [0.717, 1.165) is 11.3 Å². The molecule has 3 atom stereocenters. The number of pyridine rings is 2. The van der Waals surface area contributed by atoms with Crippen LogP contribution in [0.25, 0.3) is 21.9 Å². The van der Waals surface area contributed by atoms with Crippen molar-refractivity contribution in [1.29, 1.82) is 0 Å². The molecule has 1 aliphatic carbocycles. The highest BCUT2D eigenvalue weighted by Crippen LogP contribution is 2.41. The number of carbonyl (C=O) groups excluding carboxylic acids is 1. The van der Waals surface area contributed by atoms with E-state index in [9.17, 15) is 9.90 Å². The van der Waals surface area contributed by atoms with E-state index >= 15 is 4.39 Å². The van der Waals surface area contributed by atoms with E-state index < -0.39 is 17.5 Å². The fourth-order valence-electron chi connectivity index (χ4n) is 4.48. The summed E-state index contributed by atoms with van der Waals surface area (Å²) in [5.41, 5.74) is 7.63. The second-order valence-corrected chi connectivity index (χ2v) is 9.11. The summed E-state index contributed by atoms with van der Waals surface area (Å²) in [7, 11) is 0. The van der Waals surface area contributed by atoms with Gasteiger partial charge in [-0.25, -0.2) is 19.2 Å². The van der Waals surface area contributed by atoms with Gasteiger partial charge in [-0.2, -0.15) is 0 Å². The van der Waals surface area contributed by atoms with E-state index in [-0.39, 0.29) is 41.5 Å². The second kappa shape index (κ2) is 9.01. The summed E-state index contributed by atoms with van der Waals surface area (Å²) in [6.45, 7) is 6.55. The molecule has 1 amide bonds. The molecule has 0 unspecified atom stereocenters. The minimum atomic E-state index is -0.838. The number of aromatic nitrogens is 2. The summed E-state index contributed by atoms with van der Waals surface area (Å²) in [5, 5.41) is 16.9. The molecule has 9 nitrogen and oxygen atoms in total. The maximum absolute atomic E-state index is 15.3. The lowest BCUT2D eigenvalue weighted by Crippen LogP contribution is -2.55. The van der Waals surface area contributed by atoms with E-state index in [1.807, 2.05) is 13.8 Å². The van der Waals surface area contributed by atoms with Crippen LogP contribution in [0, 0.1) is 18.7 Å². The van der Waals surface area contributed by atoms with Crippen LogP contribution in [0.3, 0.4) is 0 Å². The normalized spacial score (nSPS) is 22.7. The SMILES string of the molecule is Cc1c(-c2cc3cc(NC(=O)O[C@H]4C[C@@](C)(O)[C@H]4C)ncc3c(N)c2F)cnc2c1NCCO2.Cl. The molecule has 2 aromatic heterocycles. The van der Waals surface area contributed by atoms with Crippen LogP contribution in [0.2, 0.25) is 0 Å². The molecule has 0 spiro atoms. The lowest BCUT2D eigenvalue weighted by atomic mass is 9.69. The topological polar surface area (TPSA) is 132 Å². The number of benzene rings is 1. The van der Waals surface area contributed by atoms with Crippen LogP contribution < -0.4 is 21.1 Å². The average Bonchev–Trinajstić information content (AvgIpc) is 2.81. The van der Waals surface area contributed by atoms with Gasteiger partial charge in [-0.15, -0.1) is 12.4 Å². The van der Waals surface area contributed by atoms with Gasteiger partial charge in [0.2, 0.25) is 5.88 Å². The fourth-order valence-corrected chi connectivity index (χ4v) is 4.48. The van der Waals surface area contributed by atoms with Gasteiger partial charge in [-0.3, -0.25) is 5.32 Å². The first-order valence-corrected chi connectivity index (χ1v) is 11.1. The van der Waals surface area contributed by atoms with E-state index in [1.165, 1.54) is 6.20 Å². The van der Waals surface area contributed by atoms with Crippen LogP contribution in [0.15, 0.2) is 24.5 Å². The van der Waals surface area contributed by atoms with Gasteiger partial charge in [-0.05, 0) is 36.9 Å². The molecular formula is C24H27ClFN5O4. The molecule has 1 aliphatic heterocycles. The number of carbonyl (C=O) groups is 1. The van der Waals surface area contributed by atoms with Crippen molar-refractivity contribution in [1.82, 2.24) is 9.97 Å². The third-order valence-corrected chi connectivity index (χ3v) is 6.88. The highest BCUT2D eigenvalue weighted by atomic mass is 35.5. The molecule has 0 bridgehead atoms. The van der Waals surface area contributed by atoms with Gasteiger partial charge in [0.25, 0.3) is 0 Å². The first kappa shape index (κ1) is 24.7.